The molecule has 0 aliphatic carbocycles. The van der Waals surface area contributed by atoms with Crippen LogP contribution in [0.3, 0.4) is 0 Å². The first-order chi connectivity index (χ1) is 10.6. The summed E-state index contributed by atoms with van der Waals surface area (Å²) in [5.41, 5.74) is 8.31. The monoisotopic (exact) mass is 294 g/mol. The predicted octanol–water partition coefficient (Wildman–Crippen LogP) is 1.95. The van der Waals surface area contributed by atoms with Crippen LogP contribution in [-0.2, 0) is 0 Å². The molecular formula is C16H14N4O2. The number of benzene rings is 2. The molecule has 6 nitrogen and oxygen atoms in total. The number of aryl methyl sites for hydroxylation is 1. The number of rotatable bonds is 2. The fourth-order valence-corrected chi connectivity index (χ4v) is 2.04. The quantitative estimate of drug-likeness (QED) is 0.631. The van der Waals surface area contributed by atoms with Crippen LogP contribution in [0, 0.1) is 6.92 Å². The Hall–Kier alpha value is -3.15. The number of carbonyl (C=O) groups is 2. The number of amides is 2. The van der Waals surface area contributed by atoms with Crippen molar-refractivity contribution in [3.05, 3.63) is 65.5 Å². The van der Waals surface area contributed by atoms with Gasteiger partial charge in [0.1, 0.15) is 0 Å². The van der Waals surface area contributed by atoms with Gasteiger partial charge < -0.3 is 4.98 Å². The molecule has 0 saturated heterocycles. The average molecular weight is 294 g/mol. The summed E-state index contributed by atoms with van der Waals surface area (Å²) < 4.78 is 0. The van der Waals surface area contributed by atoms with E-state index in [-0.39, 0.29) is 5.91 Å². The van der Waals surface area contributed by atoms with Crippen molar-refractivity contribution in [3.63, 3.8) is 0 Å². The maximum absolute atomic E-state index is 12.0. The van der Waals surface area contributed by atoms with Crippen molar-refractivity contribution >= 4 is 22.8 Å². The predicted molar refractivity (Wildman–Crippen MR) is 82.2 cm³/mol. The van der Waals surface area contributed by atoms with E-state index in [1.165, 1.54) is 0 Å². The van der Waals surface area contributed by atoms with Gasteiger partial charge in [0.15, 0.2) is 0 Å². The molecule has 0 saturated carbocycles. The highest BCUT2D eigenvalue weighted by Gasteiger charge is 2.10. The highest BCUT2D eigenvalue weighted by Crippen LogP contribution is 2.11. The lowest BCUT2D eigenvalue weighted by Gasteiger charge is -2.07. The van der Waals surface area contributed by atoms with Gasteiger partial charge in [-0.15, -0.1) is 0 Å². The molecule has 6 heteroatoms. The topological polar surface area (TPSA) is 86.9 Å². The summed E-state index contributed by atoms with van der Waals surface area (Å²) in [5, 5.41) is 0. The number of hydrazine groups is 1. The normalized spacial score (nSPS) is 10.4. The molecule has 0 atom stereocenters. The lowest BCUT2D eigenvalue weighted by atomic mass is 10.1. The van der Waals surface area contributed by atoms with Crippen LogP contribution >= 0.6 is 0 Å². The van der Waals surface area contributed by atoms with Crippen LogP contribution in [0.5, 0.6) is 0 Å². The largest absolute Gasteiger partial charge is 0.345 e. The molecule has 0 fully saturated rings. The van der Waals surface area contributed by atoms with Gasteiger partial charge >= 0.3 is 0 Å². The lowest BCUT2D eigenvalue weighted by Crippen LogP contribution is -2.41. The van der Waals surface area contributed by atoms with Crippen LogP contribution in [0.1, 0.15) is 26.3 Å². The number of nitrogens with one attached hydrogen (secondary N) is 3. The van der Waals surface area contributed by atoms with Crippen molar-refractivity contribution in [2.24, 2.45) is 0 Å². The zero-order valence-electron chi connectivity index (χ0n) is 11.9. The van der Waals surface area contributed by atoms with Gasteiger partial charge in [-0.1, -0.05) is 17.7 Å². The molecular weight excluding hydrogens is 280 g/mol. The number of hydrogen-bond acceptors (Lipinski definition) is 3. The summed E-state index contributed by atoms with van der Waals surface area (Å²) in [4.78, 5) is 31.0. The van der Waals surface area contributed by atoms with Crippen molar-refractivity contribution in [2.75, 3.05) is 0 Å². The first-order valence-electron chi connectivity index (χ1n) is 6.74. The van der Waals surface area contributed by atoms with Gasteiger partial charge in [0.25, 0.3) is 11.8 Å². The third-order valence-electron chi connectivity index (χ3n) is 3.29. The fraction of sp³-hybridized carbons (Fsp3) is 0.0625. The van der Waals surface area contributed by atoms with Crippen LogP contribution < -0.4 is 10.9 Å². The molecule has 1 heterocycles. The Morgan fingerprint density at radius 3 is 2.32 bits per heavy atom. The number of aromatic nitrogens is 2. The maximum Gasteiger partial charge on any atom is 0.269 e. The minimum Gasteiger partial charge on any atom is -0.345 e. The number of hydrogen-bond donors (Lipinski definition) is 3. The van der Waals surface area contributed by atoms with Crippen LogP contribution in [0.15, 0.2) is 48.8 Å². The number of aromatic amines is 1. The van der Waals surface area contributed by atoms with Gasteiger partial charge in [-0.2, -0.15) is 0 Å². The number of nitrogens with zero attached hydrogens (tertiary/aromatic N) is 1. The fourth-order valence-electron chi connectivity index (χ4n) is 2.04. The molecule has 0 bridgehead atoms. The zero-order chi connectivity index (χ0) is 15.5. The Labute approximate surface area is 126 Å². The van der Waals surface area contributed by atoms with Gasteiger partial charge in [-0.25, -0.2) is 4.98 Å². The second kappa shape index (κ2) is 5.69. The molecule has 0 unspecified atom stereocenters. The number of carbonyl (C=O) groups excluding carboxylic acids is 2. The van der Waals surface area contributed by atoms with Crippen LogP contribution in [0.2, 0.25) is 0 Å². The molecule has 2 aromatic carbocycles. The van der Waals surface area contributed by atoms with Gasteiger partial charge in [-0.05, 0) is 37.3 Å². The molecule has 0 radical (unpaired) electrons. The van der Waals surface area contributed by atoms with Crippen molar-refractivity contribution in [3.8, 4) is 0 Å². The van der Waals surface area contributed by atoms with Crippen LogP contribution in [0.25, 0.3) is 11.0 Å². The van der Waals surface area contributed by atoms with Gasteiger partial charge in [0, 0.05) is 11.1 Å². The molecule has 3 aromatic rings. The van der Waals surface area contributed by atoms with E-state index in [2.05, 4.69) is 20.8 Å². The van der Waals surface area contributed by atoms with Crippen molar-refractivity contribution in [2.45, 2.75) is 6.92 Å². The highest BCUT2D eigenvalue weighted by atomic mass is 16.2. The third-order valence-corrected chi connectivity index (χ3v) is 3.29. The summed E-state index contributed by atoms with van der Waals surface area (Å²) in [7, 11) is 0. The Morgan fingerprint density at radius 2 is 1.59 bits per heavy atom. The second-order valence-corrected chi connectivity index (χ2v) is 4.91. The Morgan fingerprint density at radius 1 is 0.955 bits per heavy atom. The van der Waals surface area contributed by atoms with Crippen LogP contribution in [0.4, 0.5) is 0 Å². The molecule has 0 aliphatic rings. The molecule has 3 N–H and O–H groups in total. The van der Waals surface area contributed by atoms with E-state index < -0.39 is 5.91 Å². The standard InChI is InChI=1S/C16H14N4O2/c1-10-2-4-11(5-3-10)15(21)19-20-16(22)12-6-7-13-14(8-12)18-9-17-13/h2-9H,1H3,(H,17,18)(H,19,21)(H,20,22). The van der Waals surface area contributed by atoms with Gasteiger partial charge in [0.05, 0.1) is 17.4 Å². The SMILES string of the molecule is Cc1ccc(C(=O)NNC(=O)c2ccc3nc[nH]c3c2)cc1. The molecule has 22 heavy (non-hydrogen) atoms. The second-order valence-electron chi connectivity index (χ2n) is 4.91. The molecule has 110 valence electrons. The van der Waals surface area contributed by atoms with Crippen molar-refractivity contribution in [1.29, 1.82) is 0 Å². The molecule has 3 rings (SSSR count). The summed E-state index contributed by atoms with van der Waals surface area (Å²) in [6, 6.07) is 12.1. The zero-order valence-corrected chi connectivity index (χ0v) is 11.9. The summed E-state index contributed by atoms with van der Waals surface area (Å²) in [5.74, 6) is -0.757. The van der Waals surface area contributed by atoms with Crippen LogP contribution in [-0.4, -0.2) is 21.8 Å². The number of imidazole rings is 1. The number of fused-ring (bicyclic) bond motifs is 1. The maximum atomic E-state index is 12.0. The minimum absolute atomic E-state index is 0.365. The average Bonchev–Trinajstić information content (AvgIpc) is 3.00. The first kappa shape index (κ1) is 13.8. The first-order valence-corrected chi connectivity index (χ1v) is 6.74. The summed E-state index contributed by atoms with van der Waals surface area (Å²) >= 11 is 0. The summed E-state index contributed by atoms with van der Waals surface area (Å²) in [6.45, 7) is 1.94. The van der Waals surface area contributed by atoms with E-state index in [4.69, 9.17) is 0 Å². The summed E-state index contributed by atoms with van der Waals surface area (Å²) in [6.07, 6.45) is 1.56. The van der Waals surface area contributed by atoms with E-state index >= 15 is 0 Å². The lowest BCUT2D eigenvalue weighted by molar-refractivity contribution is 0.0847. The molecule has 1 aromatic heterocycles. The minimum atomic E-state index is -0.392. The molecule has 0 spiro atoms. The number of H-pyrrole nitrogens is 1. The smallest absolute Gasteiger partial charge is 0.269 e. The van der Waals surface area contributed by atoms with E-state index in [1.54, 1.807) is 36.7 Å². The van der Waals surface area contributed by atoms with E-state index in [0.717, 1.165) is 16.6 Å². The molecule has 0 aliphatic heterocycles. The van der Waals surface area contributed by atoms with E-state index in [1.807, 2.05) is 19.1 Å². The van der Waals surface area contributed by atoms with Gasteiger partial charge in [0.2, 0.25) is 0 Å². The third kappa shape index (κ3) is 2.80. The van der Waals surface area contributed by atoms with Crippen molar-refractivity contribution < 1.29 is 9.59 Å². The Kier molecular flexibility index (Phi) is 3.57. The Bertz CT molecular complexity index is 837. The van der Waals surface area contributed by atoms with Gasteiger partial charge in [-0.3, -0.25) is 20.4 Å². The van der Waals surface area contributed by atoms with Crippen molar-refractivity contribution in [1.82, 2.24) is 20.8 Å². The Balaban J connectivity index is 1.66. The molecule has 2 amide bonds. The van der Waals surface area contributed by atoms with E-state index in [9.17, 15) is 9.59 Å². The van der Waals surface area contributed by atoms with E-state index in [0.29, 0.717) is 11.1 Å². The highest BCUT2D eigenvalue weighted by molar-refractivity contribution is 6.00.